The largest absolute Gasteiger partial charge is 0.435 e. The average Bonchev–Trinajstić information content (AvgIpc) is 3.35. The highest BCUT2D eigenvalue weighted by Crippen LogP contribution is 2.38. The summed E-state index contributed by atoms with van der Waals surface area (Å²) in [5.74, 6) is 0.0398. The van der Waals surface area contributed by atoms with Gasteiger partial charge in [-0.05, 0) is 48.4 Å². The summed E-state index contributed by atoms with van der Waals surface area (Å²) in [6.07, 6.45) is 5.68. The smallest absolute Gasteiger partial charge is 0.387 e. The number of rotatable bonds is 7. The Balaban J connectivity index is 1.54. The molecule has 0 unspecified atom stereocenters. The molecule has 2 aliphatic rings. The minimum absolute atomic E-state index is 0.0149. The van der Waals surface area contributed by atoms with Crippen molar-refractivity contribution in [1.29, 1.82) is 0 Å². The number of aromatic nitrogens is 2. The number of nitrogens with zero attached hydrogens (tertiary/aromatic N) is 2. The number of Topliss-reactive ketones (excluding diaryl/α,β-unsaturated/α-hetero) is 1. The van der Waals surface area contributed by atoms with E-state index in [1.54, 1.807) is 12.1 Å². The second-order valence-corrected chi connectivity index (χ2v) is 12.2. The van der Waals surface area contributed by atoms with Crippen LogP contribution in [0.25, 0.3) is 22.2 Å². The molecule has 10 heteroatoms. The Hall–Kier alpha value is -2.85. The zero-order chi connectivity index (χ0) is 25.5. The summed E-state index contributed by atoms with van der Waals surface area (Å²) in [4.78, 5) is 17.9. The molecule has 0 N–H and O–H groups in total. The second-order valence-electron chi connectivity index (χ2n) is 10.0. The Kier molecular flexibility index (Phi) is 6.59. The van der Waals surface area contributed by atoms with E-state index >= 15 is 0 Å². The summed E-state index contributed by atoms with van der Waals surface area (Å²) in [6.45, 7) is 0.165. The van der Waals surface area contributed by atoms with Crippen molar-refractivity contribution in [2.45, 2.75) is 45.3 Å². The number of ether oxygens (including phenoxy) is 2. The number of ketones is 1. The average molecular weight is 519 g/mol. The maximum atomic E-state index is 13.2. The normalized spacial score (nSPS) is 22.3. The third-order valence-corrected chi connectivity index (χ3v) is 9.08. The first kappa shape index (κ1) is 24.8. The lowest BCUT2D eigenvalue weighted by Crippen LogP contribution is -2.22. The predicted octanol–water partition coefficient (Wildman–Crippen LogP) is 5.05. The van der Waals surface area contributed by atoms with Gasteiger partial charge < -0.3 is 14.0 Å². The minimum atomic E-state index is -3.12. The van der Waals surface area contributed by atoms with Gasteiger partial charge in [-0.3, -0.25) is 9.78 Å². The summed E-state index contributed by atoms with van der Waals surface area (Å²) in [5.41, 5.74) is 2.71. The van der Waals surface area contributed by atoms with Crippen LogP contribution in [0.4, 0.5) is 8.78 Å². The standard InChI is InChI=1S/C26H28F2N2O5S/c1-26(7-10-36(32,33)16-26)13-23(31)18-12-22-24(29-14-18)21(15-30(22)19-5-8-34-9-6-19)17-3-2-4-20(11-17)35-25(27)28/h2-4,11-12,14-15,19,25H,5-10,13,16H2,1H3/t26-/m1/s1. The third-order valence-electron chi connectivity index (χ3n) is 7.12. The second kappa shape index (κ2) is 9.55. The molecule has 1 atom stereocenters. The van der Waals surface area contributed by atoms with Gasteiger partial charge in [-0.1, -0.05) is 19.1 Å². The van der Waals surface area contributed by atoms with Crippen LogP contribution in [-0.2, 0) is 14.6 Å². The molecule has 2 saturated heterocycles. The summed E-state index contributed by atoms with van der Waals surface area (Å²) < 4.78 is 61.7. The van der Waals surface area contributed by atoms with Crippen LogP contribution < -0.4 is 4.74 Å². The molecule has 0 saturated carbocycles. The van der Waals surface area contributed by atoms with E-state index in [4.69, 9.17) is 4.74 Å². The minimum Gasteiger partial charge on any atom is -0.435 e. The maximum absolute atomic E-state index is 13.2. The predicted molar refractivity (Wildman–Crippen MR) is 131 cm³/mol. The molecule has 2 aliphatic heterocycles. The molecule has 0 bridgehead atoms. The van der Waals surface area contributed by atoms with Crippen molar-refractivity contribution < 1.29 is 31.5 Å². The van der Waals surface area contributed by atoms with Crippen LogP contribution in [0.5, 0.6) is 5.75 Å². The number of hydrogen-bond donors (Lipinski definition) is 0. The van der Waals surface area contributed by atoms with E-state index in [2.05, 4.69) is 14.3 Å². The summed E-state index contributed by atoms with van der Waals surface area (Å²) >= 11 is 0. The fourth-order valence-corrected chi connectivity index (χ4v) is 7.56. The Morgan fingerprint density at radius 2 is 2.06 bits per heavy atom. The van der Waals surface area contributed by atoms with E-state index in [0.717, 1.165) is 23.9 Å². The van der Waals surface area contributed by atoms with Crippen LogP contribution in [0.2, 0.25) is 0 Å². The first-order chi connectivity index (χ1) is 17.1. The van der Waals surface area contributed by atoms with Gasteiger partial charge in [0.2, 0.25) is 0 Å². The molecule has 1 aromatic carbocycles. The number of carbonyl (C=O) groups is 1. The zero-order valence-corrected chi connectivity index (χ0v) is 20.8. The molecule has 3 aromatic rings. The molecule has 4 heterocycles. The molecular weight excluding hydrogens is 490 g/mol. The van der Waals surface area contributed by atoms with E-state index in [1.165, 1.54) is 12.3 Å². The number of carbonyl (C=O) groups excluding carboxylic acids is 1. The van der Waals surface area contributed by atoms with Crippen molar-refractivity contribution in [2.24, 2.45) is 5.41 Å². The SMILES string of the molecule is C[C@]1(CC(=O)c2cnc3c(-c4cccc(OC(F)F)c4)cn(C4CCOCC4)c3c2)CCS(=O)(=O)C1. The van der Waals surface area contributed by atoms with Crippen LogP contribution in [0, 0.1) is 5.41 Å². The van der Waals surface area contributed by atoms with E-state index < -0.39 is 21.9 Å². The summed E-state index contributed by atoms with van der Waals surface area (Å²) in [5, 5.41) is 0. The van der Waals surface area contributed by atoms with Crippen LogP contribution in [0.3, 0.4) is 0 Å². The van der Waals surface area contributed by atoms with Crippen molar-refractivity contribution in [3.05, 3.63) is 48.3 Å². The van der Waals surface area contributed by atoms with Gasteiger partial charge in [-0.2, -0.15) is 8.78 Å². The first-order valence-electron chi connectivity index (χ1n) is 12.0. The highest BCUT2D eigenvalue weighted by Gasteiger charge is 2.40. The van der Waals surface area contributed by atoms with Crippen molar-refractivity contribution >= 4 is 26.7 Å². The number of benzene rings is 1. The molecule has 0 radical (unpaired) electrons. The van der Waals surface area contributed by atoms with Crippen molar-refractivity contribution in [3.8, 4) is 16.9 Å². The molecule has 7 nitrogen and oxygen atoms in total. The van der Waals surface area contributed by atoms with Gasteiger partial charge >= 0.3 is 6.61 Å². The van der Waals surface area contributed by atoms with Gasteiger partial charge in [-0.25, -0.2) is 8.42 Å². The van der Waals surface area contributed by atoms with Crippen LogP contribution in [0.15, 0.2) is 42.7 Å². The van der Waals surface area contributed by atoms with Crippen molar-refractivity contribution in [3.63, 3.8) is 0 Å². The maximum Gasteiger partial charge on any atom is 0.387 e. The molecule has 0 spiro atoms. The summed E-state index contributed by atoms with van der Waals surface area (Å²) in [6, 6.07) is 8.44. The number of hydrogen-bond acceptors (Lipinski definition) is 6. The zero-order valence-electron chi connectivity index (χ0n) is 20.0. The monoisotopic (exact) mass is 518 g/mol. The highest BCUT2D eigenvalue weighted by atomic mass is 32.2. The fraction of sp³-hybridized carbons (Fsp3) is 0.462. The highest BCUT2D eigenvalue weighted by molar-refractivity contribution is 7.91. The molecule has 5 rings (SSSR count). The Morgan fingerprint density at radius 1 is 1.28 bits per heavy atom. The quantitative estimate of drug-likeness (QED) is 0.407. The Bertz CT molecular complexity index is 1400. The number of fused-ring (bicyclic) bond motifs is 1. The Morgan fingerprint density at radius 3 is 2.75 bits per heavy atom. The number of alkyl halides is 2. The number of pyridine rings is 1. The molecular formula is C26H28F2N2O5S. The van der Waals surface area contributed by atoms with Gasteiger partial charge in [0.1, 0.15) is 5.75 Å². The van der Waals surface area contributed by atoms with Gasteiger partial charge in [0.05, 0.1) is 22.5 Å². The lowest BCUT2D eigenvalue weighted by Gasteiger charge is -2.24. The van der Waals surface area contributed by atoms with Gasteiger partial charge in [0, 0.05) is 49.2 Å². The third kappa shape index (κ3) is 5.15. The molecule has 0 amide bonds. The lowest BCUT2D eigenvalue weighted by molar-refractivity contribution is -0.0498. The molecule has 192 valence electrons. The van der Waals surface area contributed by atoms with Gasteiger partial charge in [0.25, 0.3) is 0 Å². The van der Waals surface area contributed by atoms with E-state index in [1.807, 2.05) is 25.3 Å². The van der Waals surface area contributed by atoms with Gasteiger partial charge in [0.15, 0.2) is 15.6 Å². The van der Waals surface area contributed by atoms with Crippen LogP contribution in [-0.4, -0.2) is 55.1 Å². The van der Waals surface area contributed by atoms with E-state index in [0.29, 0.717) is 36.3 Å². The molecule has 2 fully saturated rings. The van der Waals surface area contributed by atoms with Crippen LogP contribution >= 0.6 is 0 Å². The lowest BCUT2D eigenvalue weighted by atomic mass is 9.83. The Labute approximate surface area is 208 Å². The summed E-state index contributed by atoms with van der Waals surface area (Å²) in [7, 11) is -3.12. The fourth-order valence-electron chi connectivity index (χ4n) is 5.30. The van der Waals surface area contributed by atoms with Crippen molar-refractivity contribution in [2.75, 3.05) is 24.7 Å². The van der Waals surface area contributed by atoms with E-state index in [-0.39, 0.29) is 35.5 Å². The topological polar surface area (TPSA) is 87.5 Å². The van der Waals surface area contributed by atoms with Crippen LogP contribution in [0.1, 0.15) is 49.0 Å². The van der Waals surface area contributed by atoms with E-state index in [9.17, 15) is 22.0 Å². The molecule has 2 aromatic heterocycles. The molecule has 36 heavy (non-hydrogen) atoms. The number of halogens is 2. The number of sulfone groups is 1. The first-order valence-corrected chi connectivity index (χ1v) is 13.8. The van der Waals surface area contributed by atoms with Crippen molar-refractivity contribution in [1.82, 2.24) is 9.55 Å². The molecule has 0 aliphatic carbocycles. The van der Waals surface area contributed by atoms with Gasteiger partial charge in [-0.15, -0.1) is 0 Å².